The number of rotatable bonds is 1. The highest BCUT2D eigenvalue weighted by atomic mass is 127. The molecule has 1 amide bonds. The predicted octanol–water partition coefficient (Wildman–Crippen LogP) is 0.270. The van der Waals surface area contributed by atoms with Gasteiger partial charge in [-0.3, -0.25) is 12.7 Å². The normalized spacial score (nSPS) is 25.5. The first-order valence-corrected chi connectivity index (χ1v) is 3.76. The van der Waals surface area contributed by atoms with Gasteiger partial charge in [0, 0.05) is 13.0 Å². The summed E-state index contributed by atoms with van der Waals surface area (Å²) in [5.41, 5.74) is 0. The maximum absolute atomic E-state index is 10.7. The Hall–Kier alpha value is -0.330. The van der Waals surface area contributed by atoms with Crippen LogP contribution in [0.4, 0.5) is 0 Å². The van der Waals surface area contributed by atoms with Crippen molar-refractivity contribution in [1.29, 1.82) is 0 Å². The number of halogens is 1. The van der Waals surface area contributed by atoms with E-state index in [0.29, 0.717) is 6.54 Å². The van der Waals surface area contributed by atoms with Crippen molar-refractivity contribution in [3.8, 4) is 0 Å². The van der Waals surface area contributed by atoms with Crippen molar-refractivity contribution in [3.63, 3.8) is 0 Å². The summed E-state index contributed by atoms with van der Waals surface area (Å²) in [6.45, 7) is 0.342. The van der Waals surface area contributed by atoms with Gasteiger partial charge >= 0.3 is 5.97 Å². The van der Waals surface area contributed by atoms with Crippen LogP contribution in [0, 0.1) is 5.92 Å². The average Bonchev–Trinajstić information content (AvgIpc) is 2.13. The molecule has 0 aromatic heterocycles. The summed E-state index contributed by atoms with van der Waals surface area (Å²) in [4.78, 5) is 21.1. The largest absolute Gasteiger partial charge is 0.481 e. The molecule has 1 aliphatic rings. The second-order valence-corrected chi connectivity index (χ2v) is 3.34. The Labute approximate surface area is 71.7 Å². The van der Waals surface area contributed by atoms with Crippen LogP contribution in [0.25, 0.3) is 0 Å². The summed E-state index contributed by atoms with van der Waals surface area (Å²) < 4.78 is 1.41. The van der Waals surface area contributed by atoms with Crippen LogP contribution in [0.15, 0.2) is 0 Å². The monoisotopic (exact) mass is 255 g/mol. The molecule has 1 aliphatic heterocycles. The zero-order valence-electron chi connectivity index (χ0n) is 5.08. The minimum atomic E-state index is -0.882. The van der Waals surface area contributed by atoms with Gasteiger partial charge in [0.05, 0.1) is 28.8 Å². The molecule has 56 valence electrons. The van der Waals surface area contributed by atoms with Crippen LogP contribution in [-0.2, 0) is 9.59 Å². The van der Waals surface area contributed by atoms with Crippen LogP contribution in [-0.4, -0.2) is 26.6 Å². The van der Waals surface area contributed by atoms with Gasteiger partial charge in [-0.05, 0) is 0 Å². The van der Waals surface area contributed by atoms with Crippen molar-refractivity contribution < 1.29 is 14.7 Å². The first kappa shape index (κ1) is 7.77. The zero-order valence-corrected chi connectivity index (χ0v) is 7.24. The smallest absolute Gasteiger partial charge is 0.308 e. The molecule has 0 spiro atoms. The fraction of sp³-hybridized carbons (Fsp3) is 0.600. The van der Waals surface area contributed by atoms with E-state index < -0.39 is 11.9 Å². The molecule has 1 saturated heterocycles. The predicted molar refractivity (Wildman–Crippen MR) is 41.5 cm³/mol. The standard InChI is InChI=1S/C5H6INO3/c6-7-2-3(5(9)10)1-4(7)8/h3H,1-2H2,(H,9,10). The van der Waals surface area contributed by atoms with E-state index in [2.05, 4.69) is 0 Å². The lowest BCUT2D eigenvalue weighted by Gasteiger charge is -2.02. The van der Waals surface area contributed by atoms with Crippen molar-refractivity contribution in [1.82, 2.24) is 3.11 Å². The van der Waals surface area contributed by atoms with Crippen LogP contribution in [0.5, 0.6) is 0 Å². The van der Waals surface area contributed by atoms with Crippen LogP contribution in [0.1, 0.15) is 6.42 Å². The number of nitrogens with zero attached hydrogens (tertiary/aromatic N) is 1. The Kier molecular flexibility index (Phi) is 2.12. The summed E-state index contributed by atoms with van der Waals surface area (Å²) >= 11 is 1.83. The van der Waals surface area contributed by atoms with E-state index in [-0.39, 0.29) is 12.3 Å². The molecule has 1 N–H and O–H groups in total. The molecule has 1 heterocycles. The highest BCUT2D eigenvalue weighted by molar-refractivity contribution is 14.1. The molecule has 1 fully saturated rings. The van der Waals surface area contributed by atoms with Crippen LogP contribution < -0.4 is 0 Å². The van der Waals surface area contributed by atoms with Gasteiger partial charge in [0.1, 0.15) is 0 Å². The molecule has 0 saturated carbocycles. The molecule has 1 atom stereocenters. The van der Waals surface area contributed by atoms with Crippen LogP contribution in [0.3, 0.4) is 0 Å². The maximum atomic E-state index is 10.7. The third kappa shape index (κ3) is 1.39. The van der Waals surface area contributed by atoms with Crippen molar-refractivity contribution >= 4 is 34.7 Å². The second kappa shape index (κ2) is 2.73. The molecule has 5 heteroatoms. The third-order valence-electron chi connectivity index (χ3n) is 1.42. The molecule has 0 aliphatic carbocycles. The molecule has 0 bridgehead atoms. The van der Waals surface area contributed by atoms with E-state index in [4.69, 9.17) is 5.11 Å². The quantitative estimate of drug-likeness (QED) is 0.540. The van der Waals surface area contributed by atoms with Gasteiger partial charge in [-0.25, -0.2) is 0 Å². The summed E-state index contributed by atoms with van der Waals surface area (Å²) in [6.07, 6.45) is 0.151. The number of hydrogen-bond acceptors (Lipinski definition) is 2. The fourth-order valence-electron chi connectivity index (χ4n) is 0.835. The topological polar surface area (TPSA) is 57.6 Å². The van der Waals surface area contributed by atoms with E-state index in [1.165, 1.54) is 3.11 Å². The zero-order chi connectivity index (χ0) is 7.72. The van der Waals surface area contributed by atoms with E-state index in [0.717, 1.165) is 0 Å². The van der Waals surface area contributed by atoms with Crippen LogP contribution in [0.2, 0.25) is 0 Å². The first-order chi connectivity index (χ1) is 4.61. The first-order valence-electron chi connectivity index (χ1n) is 2.80. The second-order valence-electron chi connectivity index (χ2n) is 2.18. The highest BCUT2D eigenvalue weighted by Gasteiger charge is 2.32. The van der Waals surface area contributed by atoms with Crippen LogP contribution >= 0.6 is 22.9 Å². The summed E-state index contributed by atoms with van der Waals surface area (Å²) in [5.74, 6) is -1.47. The molecule has 0 aromatic carbocycles. The van der Waals surface area contributed by atoms with Gasteiger partial charge in [0.25, 0.3) is 0 Å². The van der Waals surface area contributed by atoms with E-state index in [1.807, 2.05) is 22.9 Å². The number of carboxylic acid groups (broad SMARTS) is 1. The molecule has 1 rings (SSSR count). The lowest BCUT2D eigenvalue weighted by Crippen LogP contribution is -2.16. The highest BCUT2D eigenvalue weighted by Crippen LogP contribution is 2.20. The van der Waals surface area contributed by atoms with Gasteiger partial charge in [-0.15, -0.1) is 0 Å². The summed E-state index contributed by atoms with van der Waals surface area (Å²) in [5, 5.41) is 8.47. The van der Waals surface area contributed by atoms with E-state index >= 15 is 0 Å². The molecular formula is C5H6INO3. The lowest BCUT2D eigenvalue weighted by molar-refractivity contribution is -0.141. The Morgan fingerprint density at radius 3 is 2.60 bits per heavy atom. The number of aliphatic carboxylic acids is 1. The maximum Gasteiger partial charge on any atom is 0.308 e. The van der Waals surface area contributed by atoms with Crippen molar-refractivity contribution in [2.75, 3.05) is 6.54 Å². The Morgan fingerprint density at radius 2 is 2.40 bits per heavy atom. The van der Waals surface area contributed by atoms with Gasteiger partial charge in [-0.2, -0.15) is 0 Å². The van der Waals surface area contributed by atoms with E-state index in [1.54, 1.807) is 0 Å². The van der Waals surface area contributed by atoms with Crippen molar-refractivity contribution in [2.45, 2.75) is 6.42 Å². The number of hydrogen-bond donors (Lipinski definition) is 1. The number of carbonyl (C=O) groups is 2. The molecular weight excluding hydrogens is 249 g/mol. The SMILES string of the molecule is O=C(O)C1CC(=O)N(I)C1. The Bertz CT molecular complexity index is 182. The molecule has 4 nitrogen and oxygen atoms in total. The average molecular weight is 255 g/mol. The Balaban J connectivity index is 2.57. The van der Waals surface area contributed by atoms with Gasteiger partial charge in [0.15, 0.2) is 0 Å². The molecule has 0 radical (unpaired) electrons. The summed E-state index contributed by atoms with van der Waals surface area (Å²) in [6, 6.07) is 0. The third-order valence-corrected chi connectivity index (χ3v) is 2.35. The van der Waals surface area contributed by atoms with Gasteiger partial charge in [0.2, 0.25) is 5.91 Å². The molecule has 1 unspecified atom stereocenters. The van der Waals surface area contributed by atoms with Gasteiger partial charge < -0.3 is 5.11 Å². The minimum Gasteiger partial charge on any atom is -0.481 e. The van der Waals surface area contributed by atoms with Gasteiger partial charge in [-0.1, -0.05) is 0 Å². The van der Waals surface area contributed by atoms with Crippen molar-refractivity contribution in [2.24, 2.45) is 5.92 Å². The van der Waals surface area contributed by atoms with E-state index in [9.17, 15) is 9.59 Å². The van der Waals surface area contributed by atoms with Crippen molar-refractivity contribution in [3.05, 3.63) is 0 Å². The summed E-state index contributed by atoms with van der Waals surface area (Å²) in [7, 11) is 0. The fourth-order valence-corrected chi connectivity index (χ4v) is 1.51. The Morgan fingerprint density at radius 1 is 1.80 bits per heavy atom. The molecule has 10 heavy (non-hydrogen) atoms. The lowest BCUT2D eigenvalue weighted by atomic mass is 10.1. The number of carbonyl (C=O) groups excluding carboxylic acids is 1. The number of carboxylic acids is 1. The molecule has 0 aromatic rings. The minimum absolute atomic E-state index is 0.0898. The number of amides is 1.